The van der Waals surface area contributed by atoms with E-state index in [1.807, 2.05) is 36.5 Å². The maximum absolute atomic E-state index is 6.45. The van der Waals surface area contributed by atoms with E-state index in [1.54, 1.807) is 4.80 Å². The summed E-state index contributed by atoms with van der Waals surface area (Å²) < 4.78 is 0. The third kappa shape index (κ3) is 3.00. The number of nitrogens with two attached hydrogens (primary N) is 1. The minimum Gasteiger partial charge on any atom is -0.322 e. The van der Waals surface area contributed by atoms with E-state index >= 15 is 0 Å². The maximum Gasteiger partial charge on any atom is 0.100 e. The predicted molar refractivity (Wildman–Crippen MR) is 84.0 cm³/mol. The van der Waals surface area contributed by atoms with Crippen LogP contribution in [-0.4, -0.2) is 15.0 Å². The first-order chi connectivity index (χ1) is 10.1. The summed E-state index contributed by atoms with van der Waals surface area (Å²) in [4.78, 5) is 1.67. The van der Waals surface area contributed by atoms with E-state index in [2.05, 4.69) is 24.0 Å². The summed E-state index contributed by atoms with van der Waals surface area (Å²) in [5, 5.41) is 8.94. The standard InChI is InChI=1S/C17H24N4/c1-12-8-9-14(10-13(12)2)17(18)16-11-19-21(20-16)15-6-4-3-5-7-15/h3-7,11-14,17H,8-10,18H2,1-2H3. The smallest absolute Gasteiger partial charge is 0.100 e. The van der Waals surface area contributed by atoms with E-state index in [0.717, 1.165) is 23.2 Å². The van der Waals surface area contributed by atoms with Gasteiger partial charge in [0.2, 0.25) is 0 Å². The highest BCUT2D eigenvalue weighted by molar-refractivity contribution is 5.28. The van der Waals surface area contributed by atoms with Crippen molar-refractivity contribution in [3.8, 4) is 5.69 Å². The van der Waals surface area contributed by atoms with Crippen LogP contribution in [0.4, 0.5) is 0 Å². The van der Waals surface area contributed by atoms with Crippen LogP contribution in [0.5, 0.6) is 0 Å². The van der Waals surface area contributed by atoms with E-state index in [4.69, 9.17) is 5.73 Å². The van der Waals surface area contributed by atoms with E-state index in [0.29, 0.717) is 5.92 Å². The Balaban J connectivity index is 1.74. The van der Waals surface area contributed by atoms with E-state index in [1.165, 1.54) is 19.3 Å². The zero-order valence-corrected chi connectivity index (χ0v) is 12.8. The molecule has 2 aromatic rings. The Bertz CT molecular complexity index is 577. The average molecular weight is 284 g/mol. The first-order valence-electron chi connectivity index (χ1n) is 7.88. The lowest BCUT2D eigenvalue weighted by molar-refractivity contribution is 0.184. The van der Waals surface area contributed by atoms with Crippen molar-refractivity contribution in [1.29, 1.82) is 0 Å². The van der Waals surface area contributed by atoms with Crippen molar-refractivity contribution in [3.05, 3.63) is 42.2 Å². The van der Waals surface area contributed by atoms with Gasteiger partial charge in [0.25, 0.3) is 0 Å². The molecule has 0 spiro atoms. The Labute approximate surface area is 126 Å². The van der Waals surface area contributed by atoms with Crippen molar-refractivity contribution < 1.29 is 0 Å². The predicted octanol–water partition coefficient (Wildman–Crippen LogP) is 3.34. The molecule has 4 nitrogen and oxygen atoms in total. The number of aromatic nitrogens is 3. The Hall–Kier alpha value is -1.68. The van der Waals surface area contributed by atoms with Crippen molar-refractivity contribution in [2.75, 3.05) is 0 Å². The molecule has 4 atom stereocenters. The fraction of sp³-hybridized carbons (Fsp3) is 0.529. The molecule has 0 amide bonds. The third-order valence-corrected chi connectivity index (χ3v) is 4.98. The SMILES string of the molecule is CC1CCC(C(N)c2cnn(-c3ccccc3)n2)CC1C. The van der Waals surface area contributed by atoms with Gasteiger partial charge in [-0.25, -0.2) is 0 Å². The van der Waals surface area contributed by atoms with E-state index in [9.17, 15) is 0 Å². The van der Waals surface area contributed by atoms with Crippen molar-refractivity contribution in [2.45, 2.75) is 39.2 Å². The molecule has 2 N–H and O–H groups in total. The zero-order chi connectivity index (χ0) is 14.8. The van der Waals surface area contributed by atoms with Gasteiger partial charge < -0.3 is 5.73 Å². The molecule has 4 unspecified atom stereocenters. The minimum absolute atomic E-state index is 0.00240. The average Bonchev–Trinajstić information content (AvgIpc) is 3.00. The molecule has 0 bridgehead atoms. The van der Waals surface area contributed by atoms with Crippen LogP contribution in [0.3, 0.4) is 0 Å². The summed E-state index contributed by atoms with van der Waals surface area (Å²) in [7, 11) is 0. The lowest BCUT2D eigenvalue weighted by atomic mass is 9.73. The zero-order valence-electron chi connectivity index (χ0n) is 12.8. The molecule has 1 aliphatic carbocycles. The molecule has 4 heteroatoms. The van der Waals surface area contributed by atoms with Gasteiger partial charge in [-0.05, 0) is 42.7 Å². The summed E-state index contributed by atoms with van der Waals surface area (Å²) in [6.45, 7) is 4.68. The second-order valence-corrected chi connectivity index (χ2v) is 6.45. The van der Waals surface area contributed by atoms with Crippen LogP contribution < -0.4 is 5.73 Å². The number of para-hydroxylation sites is 1. The van der Waals surface area contributed by atoms with Crippen LogP contribution in [0.25, 0.3) is 5.69 Å². The van der Waals surface area contributed by atoms with Crippen molar-refractivity contribution in [2.24, 2.45) is 23.5 Å². The molecule has 112 valence electrons. The second kappa shape index (κ2) is 5.98. The van der Waals surface area contributed by atoms with Gasteiger partial charge in [-0.15, -0.1) is 0 Å². The first-order valence-corrected chi connectivity index (χ1v) is 7.88. The van der Waals surface area contributed by atoms with Crippen LogP contribution in [0.1, 0.15) is 44.8 Å². The molecule has 1 aliphatic rings. The van der Waals surface area contributed by atoms with Gasteiger partial charge in [-0.2, -0.15) is 15.0 Å². The Kier molecular flexibility index (Phi) is 4.06. The van der Waals surface area contributed by atoms with Crippen molar-refractivity contribution in [1.82, 2.24) is 15.0 Å². The fourth-order valence-corrected chi connectivity index (χ4v) is 3.27. The highest BCUT2D eigenvalue weighted by Crippen LogP contribution is 2.38. The highest BCUT2D eigenvalue weighted by Gasteiger charge is 2.30. The van der Waals surface area contributed by atoms with Crippen LogP contribution >= 0.6 is 0 Å². The summed E-state index contributed by atoms with van der Waals surface area (Å²) in [5.41, 5.74) is 8.33. The number of rotatable bonds is 3. The van der Waals surface area contributed by atoms with Gasteiger partial charge >= 0.3 is 0 Å². The largest absolute Gasteiger partial charge is 0.322 e. The van der Waals surface area contributed by atoms with E-state index < -0.39 is 0 Å². The Morgan fingerprint density at radius 1 is 1.14 bits per heavy atom. The van der Waals surface area contributed by atoms with Gasteiger partial charge in [0.1, 0.15) is 5.69 Å². The molecular formula is C17H24N4. The lowest BCUT2D eigenvalue weighted by Crippen LogP contribution is -2.29. The second-order valence-electron chi connectivity index (χ2n) is 6.45. The fourth-order valence-electron chi connectivity index (χ4n) is 3.27. The summed E-state index contributed by atoms with van der Waals surface area (Å²) in [6, 6.07) is 9.96. The summed E-state index contributed by atoms with van der Waals surface area (Å²) >= 11 is 0. The molecule has 21 heavy (non-hydrogen) atoms. The molecule has 1 fully saturated rings. The minimum atomic E-state index is -0.00240. The molecule has 3 rings (SSSR count). The van der Waals surface area contributed by atoms with Gasteiger partial charge in [0.05, 0.1) is 17.9 Å². The molecule has 1 saturated carbocycles. The Morgan fingerprint density at radius 3 is 2.62 bits per heavy atom. The normalized spacial score (nSPS) is 27.5. The molecule has 0 radical (unpaired) electrons. The third-order valence-electron chi connectivity index (χ3n) is 4.98. The molecule has 0 aliphatic heterocycles. The van der Waals surface area contributed by atoms with Crippen molar-refractivity contribution in [3.63, 3.8) is 0 Å². The van der Waals surface area contributed by atoms with Gasteiger partial charge in [0.15, 0.2) is 0 Å². The van der Waals surface area contributed by atoms with Gasteiger partial charge in [-0.3, -0.25) is 0 Å². The number of benzene rings is 1. The Morgan fingerprint density at radius 2 is 1.90 bits per heavy atom. The number of hydrogen-bond acceptors (Lipinski definition) is 3. The monoisotopic (exact) mass is 284 g/mol. The molecule has 1 aromatic heterocycles. The van der Waals surface area contributed by atoms with Crippen LogP contribution in [0.2, 0.25) is 0 Å². The van der Waals surface area contributed by atoms with Gasteiger partial charge in [0, 0.05) is 0 Å². The molecule has 0 saturated heterocycles. The van der Waals surface area contributed by atoms with Gasteiger partial charge in [-0.1, -0.05) is 38.5 Å². The summed E-state index contributed by atoms with van der Waals surface area (Å²) in [5.74, 6) is 2.09. The number of nitrogens with zero attached hydrogens (tertiary/aromatic N) is 3. The quantitative estimate of drug-likeness (QED) is 0.940. The lowest BCUT2D eigenvalue weighted by Gasteiger charge is -2.34. The maximum atomic E-state index is 6.45. The van der Waals surface area contributed by atoms with Crippen LogP contribution in [0.15, 0.2) is 36.5 Å². The molecular weight excluding hydrogens is 260 g/mol. The highest BCUT2D eigenvalue weighted by atomic mass is 15.5. The number of hydrogen-bond donors (Lipinski definition) is 1. The van der Waals surface area contributed by atoms with Crippen molar-refractivity contribution >= 4 is 0 Å². The molecule has 1 aromatic carbocycles. The van der Waals surface area contributed by atoms with Crippen LogP contribution in [-0.2, 0) is 0 Å². The topological polar surface area (TPSA) is 56.7 Å². The van der Waals surface area contributed by atoms with Crippen LogP contribution in [0, 0.1) is 17.8 Å². The van der Waals surface area contributed by atoms with E-state index in [-0.39, 0.29) is 6.04 Å². The first kappa shape index (κ1) is 14.3. The molecule has 1 heterocycles. The summed E-state index contributed by atoms with van der Waals surface area (Å²) in [6.07, 6.45) is 5.48.